The Labute approximate surface area is 138 Å². The third-order valence-corrected chi connectivity index (χ3v) is 3.92. The molecule has 3 aromatic heterocycles. The lowest BCUT2D eigenvalue weighted by molar-refractivity contribution is 0.374. The Morgan fingerprint density at radius 3 is 2.67 bits per heavy atom. The number of benzene rings is 1. The molecule has 4 rings (SSSR count). The van der Waals surface area contributed by atoms with Crippen LogP contribution in [0.15, 0.2) is 67.0 Å². The zero-order valence-electron chi connectivity index (χ0n) is 13.0. The molecule has 0 saturated heterocycles. The van der Waals surface area contributed by atoms with Gasteiger partial charge in [0.05, 0.1) is 23.9 Å². The number of ether oxygens (including phenoxy) is 1. The minimum absolute atomic E-state index is 0.0725. The summed E-state index contributed by atoms with van der Waals surface area (Å²) in [7, 11) is 1.53. The molecule has 0 radical (unpaired) electrons. The Morgan fingerprint density at radius 2 is 1.88 bits per heavy atom. The molecule has 4 aromatic rings. The molecule has 1 aromatic carbocycles. The van der Waals surface area contributed by atoms with Gasteiger partial charge in [-0.2, -0.15) is 0 Å². The first-order valence-corrected chi connectivity index (χ1v) is 7.54. The second-order valence-corrected chi connectivity index (χ2v) is 5.31. The van der Waals surface area contributed by atoms with Crippen LogP contribution in [0.1, 0.15) is 0 Å². The van der Waals surface area contributed by atoms with Gasteiger partial charge in [0.2, 0.25) is 0 Å². The zero-order valence-corrected chi connectivity index (χ0v) is 13.0. The van der Waals surface area contributed by atoms with Crippen molar-refractivity contribution in [2.24, 2.45) is 0 Å². The molecule has 0 amide bonds. The summed E-state index contributed by atoms with van der Waals surface area (Å²) >= 11 is 0. The first-order chi connectivity index (χ1) is 11.8. The van der Waals surface area contributed by atoms with Crippen LogP contribution in [0.3, 0.4) is 0 Å². The largest absolute Gasteiger partial charge is 0.504 e. The van der Waals surface area contributed by atoms with Gasteiger partial charge in [0.1, 0.15) is 11.5 Å². The molecule has 0 bridgehead atoms. The number of phenolic OH excluding ortho intramolecular Hbond substituents is 1. The second kappa shape index (κ2) is 5.70. The molecule has 0 atom stereocenters. The fraction of sp³-hybridized carbons (Fsp3) is 0.0526. The van der Waals surface area contributed by atoms with Gasteiger partial charge in [-0.15, -0.1) is 0 Å². The standard InChI is InChI=1S/C19H15N3O2/c1-24-16-10-6-7-13(18(16)23)19-21-17(14-8-2-4-11-20-14)15-9-3-5-12-22(15)19/h2-12,23H,1H3. The van der Waals surface area contributed by atoms with Crippen molar-refractivity contribution in [3.63, 3.8) is 0 Å². The molecule has 118 valence electrons. The number of nitrogens with zero attached hydrogens (tertiary/aromatic N) is 3. The smallest absolute Gasteiger partial charge is 0.168 e. The van der Waals surface area contributed by atoms with E-state index in [1.165, 1.54) is 7.11 Å². The SMILES string of the molecule is COc1cccc(-c2nc(-c3ccccn3)c3ccccn23)c1O. The van der Waals surface area contributed by atoms with E-state index in [4.69, 9.17) is 9.72 Å². The Balaban J connectivity index is 2.01. The maximum Gasteiger partial charge on any atom is 0.168 e. The van der Waals surface area contributed by atoms with E-state index >= 15 is 0 Å². The Kier molecular flexibility index (Phi) is 3.39. The molecule has 0 saturated carbocycles. The van der Waals surface area contributed by atoms with Crippen molar-refractivity contribution in [2.45, 2.75) is 0 Å². The maximum absolute atomic E-state index is 10.5. The predicted molar refractivity (Wildman–Crippen MR) is 92.1 cm³/mol. The van der Waals surface area contributed by atoms with Gasteiger partial charge in [-0.3, -0.25) is 9.38 Å². The number of aromatic nitrogens is 3. The van der Waals surface area contributed by atoms with Crippen molar-refractivity contribution in [2.75, 3.05) is 7.11 Å². The van der Waals surface area contributed by atoms with Gasteiger partial charge in [-0.1, -0.05) is 18.2 Å². The summed E-state index contributed by atoms with van der Waals surface area (Å²) in [5.74, 6) is 1.13. The monoisotopic (exact) mass is 317 g/mol. The van der Waals surface area contributed by atoms with Crippen molar-refractivity contribution in [1.29, 1.82) is 0 Å². The van der Waals surface area contributed by atoms with Crippen LogP contribution in [-0.4, -0.2) is 26.6 Å². The summed E-state index contributed by atoms with van der Waals surface area (Å²) in [6, 6.07) is 17.0. The molecular formula is C19H15N3O2. The number of pyridine rings is 2. The van der Waals surface area contributed by atoms with E-state index in [1.54, 1.807) is 12.3 Å². The summed E-state index contributed by atoms with van der Waals surface area (Å²) in [4.78, 5) is 9.15. The van der Waals surface area contributed by atoms with Crippen molar-refractivity contribution in [3.05, 3.63) is 67.0 Å². The van der Waals surface area contributed by atoms with Gasteiger partial charge < -0.3 is 9.84 Å². The molecule has 24 heavy (non-hydrogen) atoms. The third kappa shape index (κ3) is 2.18. The highest BCUT2D eigenvalue weighted by Gasteiger charge is 2.18. The number of methoxy groups -OCH3 is 1. The fourth-order valence-corrected chi connectivity index (χ4v) is 2.79. The first-order valence-electron chi connectivity index (χ1n) is 7.54. The van der Waals surface area contributed by atoms with Crippen LogP contribution in [0.5, 0.6) is 11.5 Å². The number of imidazole rings is 1. The van der Waals surface area contributed by atoms with E-state index in [9.17, 15) is 5.11 Å². The first kappa shape index (κ1) is 14.3. The van der Waals surface area contributed by atoms with Crippen LogP contribution in [-0.2, 0) is 0 Å². The van der Waals surface area contributed by atoms with E-state index in [0.717, 1.165) is 16.9 Å². The van der Waals surface area contributed by atoms with Crippen LogP contribution in [0.4, 0.5) is 0 Å². The Hall–Kier alpha value is -3.34. The normalized spacial score (nSPS) is 10.9. The van der Waals surface area contributed by atoms with E-state index < -0.39 is 0 Å². The van der Waals surface area contributed by atoms with Crippen LogP contribution in [0, 0.1) is 0 Å². The average molecular weight is 317 g/mol. The molecular weight excluding hydrogens is 302 g/mol. The number of fused-ring (bicyclic) bond motifs is 1. The van der Waals surface area contributed by atoms with E-state index in [-0.39, 0.29) is 5.75 Å². The molecule has 1 N–H and O–H groups in total. The van der Waals surface area contributed by atoms with Crippen molar-refractivity contribution in [3.8, 4) is 34.3 Å². The maximum atomic E-state index is 10.5. The van der Waals surface area contributed by atoms with E-state index in [0.29, 0.717) is 17.1 Å². The van der Waals surface area contributed by atoms with Crippen LogP contribution < -0.4 is 4.74 Å². The number of para-hydroxylation sites is 1. The Morgan fingerprint density at radius 1 is 1.00 bits per heavy atom. The van der Waals surface area contributed by atoms with Crippen LogP contribution in [0.25, 0.3) is 28.3 Å². The van der Waals surface area contributed by atoms with Crippen molar-refractivity contribution < 1.29 is 9.84 Å². The lowest BCUT2D eigenvalue weighted by Crippen LogP contribution is -1.91. The second-order valence-electron chi connectivity index (χ2n) is 5.31. The third-order valence-electron chi connectivity index (χ3n) is 3.92. The zero-order chi connectivity index (χ0) is 16.5. The molecule has 0 aliphatic rings. The molecule has 0 aliphatic heterocycles. The summed E-state index contributed by atoms with van der Waals surface area (Å²) in [6.07, 6.45) is 3.66. The number of phenols is 1. The molecule has 0 fully saturated rings. The number of rotatable bonds is 3. The number of hydrogen-bond acceptors (Lipinski definition) is 4. The molecule has 0 unspecified atom stereocenters. The van der Waals surface area contributed by atoms with E-state index in [2.05, 4.69) is 4.98 Å². The Bertz CT molecular complexity index is 1010. The molecule has 5 nitrogen and oxygen atoms in total. The summed E-state index contributed by atoms with van der Waals surface area (Å²) in [5, 5.41) is 10.5. The van der Waals surface area contributed by atoms with Gasteiger partial charge in [0.15, 0.2) is 11.5 Å². The van der Waals surface area contributed by atoms with Gasteiger partial charge >= 0.3 is 0 Å². The van der Waals surface area contributed by atoms with Crippen LogP contribution in [0.2, 0.25) is 0 Å². The molecule has 0 aliphatic carbocycles. The average Bonchev–Trinajstić information content (AvgIpc) is 3.02. The minimum Gasteiger partial charge on any atom is -0.504 e. The van der Waals surface area contributed by atoms with Crippen LogP contribution >= 0.6 is 0 Å². The van der Waals surface area contributed by atoms with Gasteiger partial charge in [-0.25, -0.2) is 4.98 Å². The van der Waals surface area contributed by atoms with Gasteiger partial charge in [-0.05, 0) is 36.4 Å². The lowest BCUT2D eigenvalue weighted by atomic mass is 10.1. The fourth-order valence-electron chi connectivity index (χ4n) is 2.79. The highest BCUT2D eigenvalue weighted by molar-refractivity contribution is 5.81. The van der Waals surface area contributed by atoms with Gasteiger partial charge in [0.25, 0.3) is 0 Å². The molecule has 5 heteroatoms. The molecule has 0 spiro atoms. The number of hydrogen-bond donors (Lipinski definition) is 1. The quantitative estimate of drug-likeness (QED) is 0.625. The lowest BCUT2D eigenvalue weighted by Gasteiger charge is -2.07. The predicted octanol–water partition coefficient (Wildman–Crippen LogP) is 3.78. The topological polar surface area (TPSA) is 59.7 Å². The summed E-state index contributed by atoms with van der Waals surface area (Å²) in [5.41, 5.74) is 3.09. The minimum atomic E-state index is 0.0725. The summed E-state index contributed by atoms with van der Waals surface area (Å²) in [6.45, 7) is 0. The van der Waals surface area contributed by atoms with Crippen molar-refractivity contribution in [1.82, 2.24) is 14.4 Å². The van der Waals surface area contributed by atoms with E-state index in [1.807, 2.05) is 59.1 Å². The molecule has 3 heterocycles. The number of aromatic hydroxyl groups is 1. The van der Waals surface area contributed by atoms with Gasteiger partial charge in [0, 0.05) is 12.4 Å². The summed E-state index contributed by atoms with van der Waals surface area (Å²) < 4.78 is 7.15. The van der Waals surface area contributed by atoms with Crippen molar-refractivity contribution >= 4 is 5.52 Å². The highest BCUT2D eigenvalue weighted by atomic mass is 16.5. The highest BCUT2D eigenvalue weighted by Crippen LogP contribution is 2.38.